The second-order valence-electron chi connectivity index (χ2n) is 5.30. The van der Waals surface area contributed by atoms with Gasteiger partial charge in [-0.15, -0.1) is 0 Å². The molecule has 0 aliphatic carbocycles. The largest absolute Gasteiger partial charge is 0.385 e. The predicted molar refractivity (Wildman–Crippen MR) is 67.1 cm³/mol. The number of methoxy groups -OCH3 is 1. The van der Waals surface area contributed by atoms with Crippen LogP contribution in [0.15, 0.2) is 0 Å². The van der Waals surface area contributed by atoms with Crippen LogP contribution in [0.1, 0.15) is 47.0 Å². The maximum atomic E-state index is 5.07. The van der Waals surface area contributed by atoms with Gasteiger partial charge in [-0.05, 0) is 30.6 Å². The Kier molecular flexibility index (Phi) is 7.05. The van der Waals surface area contributed by atoms with E-state index >= 15 is 0 Å². The van der Waals surface area contributed by atoms with Gasteiger partial charge in [-0.2, -0.15) is 0 Å². The van der Waals surface area contributed by atoms with Crippen LogP contribution in [0.4, 0.5) is 0 Å². The third-order valence-corrected chi connectivity index (χ3v) is 4.50. The lowest BCUT2D eigenvalue weighted by Gasteiger charge is -2.26. The zero-order valence-corrected chi connectivity index (χ0v) is 11.9. The van der Waals surface area contributed by atoms with Crippen molar-refractivity contribution in [2.75, 3.05) is 13.7 Å². The number of hydrogen-bond donors (Lipinski definition) is 0. The Morgan fingerprint density at radius 2 is 1.71 bits per heavy atom. The topological polar surface area (TPSA) is 9.23 Å². The first kappa shape index (κ1) is 14.4. The van der Waals surface area contributed by atoms with Crippen molar-refractivity contribution in [2.45, 2.75) is 51.8 Å². The molecule has 0 fully saturated rings. The van der Waals surface area contributed by atoms with Gasteiger partial charge in [0.15, 0.2) is 0 Å². The number of rotatable bonds is 6. The Hall–Kier alpha value is 0.440. The first-order chi connectivity index (χ1) is 6.38. The van der Waals surface area contributed by atoms with E-state index in [4.69, 9.17) is 4.74 Å². The summed E-state index contributed by atoms with van der Waals surface area (Å²) < 4.78 is 5.07. The zero-order valence-electron chi connectivity index (χ0n) is 10.3. The van der Waals surface area contributed by atoms with Crippen LogP contribution in [-0.4, -0.2) is 18.5 Å². The van der Waals surface area contributed by atoms with Crippen LogP contribution in [0.2, 0.25) is 0 Å². The molecule has 0 aliphatic heterocycles. The summed E-state index contributed by atoms with van der Waals surface area (Å²) in [5.41, 5.74) is 0.376. The SMILES string of the molecule is COCCC(C)CCC(Br)C(C)(C)C. The Labute approximate surface area is 97.7 Å². The van der Waals surface area contributed by atoms with Crippen LogP contribution in [0.25, 0.3) is 0 Å². The molecule has 2 atom stereocenters. The highest BCUT2D eigenvalue weighted by Gasteiger charge is 2.21. The van der Waals surface area contributed by atoms with Crippen molar-refractivity contribution in [3.8, 4) is 0 Å². The van der Waals surface area contributed by atoms with E-state index in [1.807, 2.05) is 0 Å². The average Bonchev–Trinajstić information content (AvgIpc) is 2.09. The molecule has 0 aromatic carbocycles. The Morgan fingerprint density at radius 3 is 2.14 bits per heavy atom. The minimum atomic E-state index is 0.376. The number of ether oxygens (including phenoxy) is 1. The van der Waals surface area contributed by atoms with Gasteiger partial charge in [-0.25, -0.2) is 0 Å². The smallest absolute Gasteiger partial charge is 0.0464 e. The summed E-state index contributed by atoms with van der Waals surface area (Å²) in [7, 11) is 1.77. The van der Waals surface area contributed by atoms with Gasteiger partial charge >= 0.3 is 0 Å². The molecular weight excluding hydrogens is 240 g/mol. The summed E-state index contributed by atoms with van der Waals surface area (Å²) in [5, 5.41) is 0. The summed E-state index contributed by atoms with van der Waals surface area (Å²) >= 11 is 3.76. The van der Waals surface area contributed by atoms with Gasteiger partial charge < -0.3 is 4.74 Å². The van der Waals surface area contributed by atoms with Gasteiger partial charge in [0.2, 0.25) is 0 Å². The molecule has 14 heavy (non-hydrogen) atoms. The molecule has 0 spiro atoms. The molecule has 0 saturated carbocycles. The molecule has 2 unspecified atom stereocenters. The average molecular weight is 265 g/mol. The van der Waals surface area contributed by atoms with Gasteiger partial charge in [-0.3, -0.25) is 0 Å². The molecule has 0 aromatic heterocycles. The van der Waals surface area contributed by atoms with E-state index in [1.54, 1.807) is 7.11 Å². The van der Waals surface area contributed by atoms with Gasteiger partial charge in [0.05, 0.1) is 0 Å². The second-order valence-corrected chi connectivity index (χ2v) is 6.40. The van der Waals surface area contributed by atoms with Crippen molar-refractivity contribution in [1.82, 2.24) is 0 Å². The first-order valence-corrected chi connectivity index (χ1v) is 6.42. The van der Waals surface area contributed by atoms with Crippen molar-refractivity contribution >= 4 is 15.9 Å². The highest BCUT2D eigenvalue weighted by atomic mass is 79.9. The van der Waals surface area contributed by atoms with Gasteiger partial charge in [-0.1, -0.05) is 43.6 Å². The Morgan fingerprint density at radius 1 is 1.14 bits per heavy atom. The molecule has 2 heteroatoms. The van der Waals surface area contributed by atoms with Gasteiger partial charge in [0.25, 0.3) is 0 Å². The van der Waals surface area contributed by atoms with Crippen LogP contribution in [0.3, 0.4) is 0 Å². The van der Waals surface area contributed by atoms with Crippen LogP contribution in [-0.2, 0) is 4.74 Å². The maximum absolute atomic E-state index is 5.07. The van der Waals surface area contributed by atoms with E-state index in [2.05, 4.69) is 43.6 Å². The lowest BCUT2D eigenvalue weighted by atomic mass is 9.87. The molecule has 0 N–H and O–H groups in total. The van der Waals surface area contributed by atoms with Crippen molar-refractivity contribution in [3.05, 3.63) is 0 Å². The van der Waals surface area contributed by atoms with E-state index in [1.165, 1.54) is 19.3 Å². The molecule has 1 nitrogen and oxygen atoms in total. The normalized spacial score (nSPS) is 16.7. The summed E-state index contributed by atoms with van der Waals surface area (Å²) in [6.07, 6.45) is 3.73. The number of halogens is 1. The first-order valence-electron chi connectivity index (χ1n) is 5.51. The molecule has 0 radical (unpaired) electrons. The van der Waals surface area contributed by atoms with Gasteiger partial charge in [0.1, 0.15) is 0 Å². The maximum Gasteiger partial charge on any atom is 0.0464 e. The quantitative estimate of drug-likeness (QED) is 0.652. The van der Waals surface area contributed by atoms with Crippen molar-refractivity contribution in [2.24, 2.45) is 11.3 Å². The molecule has 0 saturated heterocycles. The van der Waals surface area contributed by atoms with E-state index in [-0.39, 0.29) is 0 Å². The number of hydrogen-bond acceptors (Lipinski definition) is 1. The molecule has 0 aliphatic rings. The molecule has 0 rings (SSSR count). The minimum absolute atomic E-state index is 0.376. The third-order valence-electron chi connectivity index (χ3n) is 2.67. The lowest BCUT2D eigenvalue weighted by Crippen LogP contribution is -2.20. The molecule has 0 heterocycles. The Balaban J connectivity index is 3.61. The molecule has 0 amide bonds. The minimum Gasteiger partial charge on any atom is -0.385 e. The van der Waals surface area contributed by atoms with Crippen LogP contribution < -0.4 is 0 Å². The standard InChI is InChI=1S/C12H25BrO/c1-10(8-9-14-5)6-7-11(13)12(2,3)4/h10-11H,6-9H2,1-5H3. The van der Waals surface area contributed by atoms with E-state index in [0.29, 0.717) is 10.2 Å². The summed E-state index contributed by atoms with van der Waals surface area (Å²) in [6.45, 7) is 10.1. The predicted octanol–water partition coefficient (Wildman–Crippen LogP) is 4.25. The molecule has 0 bridgehead atoms. The lowest BCUT2D eigenvalue weighted by molar-refractivity contribution is 0.177. The fraction of sp³-hybridized carbons (Fsp3) is 1.00. The Bertz CT molecular complexity index is 140. The highest BCUT2D eigenvalue weighted by molar-refractivity contribution is 9.09. The van der Waals surface area contributed by atoms with Crippen LogP contribution in [0.5, 0.6) is 0 Å². The van der Waals surface area contributed by atoms with Crippen molar-refractivity contribution < 1.29 is 4.74 Å². The third kappa shape index (κ3) is 6.83. The van der Waals surface area contributed by atoms with Crippen LogP contribution in [0, 0.1) is 11.3 Å². The summed E-state index contributed by atoms with van der Waals surface area (Å²) in [5.74, 6) is 0.775. The summed E-state index contributed by atoms with van der Waals surface area (Å²) in [6, 6.07) is 0. The fourth-order valence-corrected chi connectivity index (χ4v) is 1.59. The van der Waals surface area contributed by atoms with E-state index in [9.17, 15) is 0 Å². The van der Waals surface area contributed by atoms with Crippen molar-refractivity contribution in [1.29, 1.82) is 0 Å². The highest BCUT2D eigenvalue weighted by Crippen LogP contribution is 2.30. The summed E-state index contributed by atoms with van der Waals surface area (Å²) in [4.78, 5) is 0.625. The number of alkyl halides is 1. The molecule has 86 valence electrons. The van der Waals surface area contributed by atoms with Crippen molar-refractivity contribution in [3.63, 3.8) is 0 Å². The van der Waals surface area contributed by atoms with E-state index in [0.717, 1.165) is 12.5 Å². The van der Waals surface area contributed by atoms with E-state index < -0.39 is 0 Å². The zero-order chi connectivity index (χ0) is 11.2. The van der Waals surface area contributed by atoms with Gasteiger partial charge in [0, 0.05) is 18.5 Å². The second kappa shape index (κ2) is 6.84. The molecular formula is C12H25BrO. The molecule has 0 aromatic rings. The monoisotopic (exact) mass is 264 g/mol. The fourth-order valence-electron chi connectivity index (χ4n) is 1.33. The van der Waals surface area contributed by atoms with Crippen LogP contribution >= 0.6 is 15.9 Å².